The standard InChI is InChI=1S/C17H23NO5/c1-9-13(3-10-5-20-10)14(4-11-6-21-11)16(17(19-2)15(9)18)23-8-12-7-22-12/h10-12H,3-8,18H2,1-2H3. The van der Waals surface area contributed by atoms with Crippen molar-refractivity contribution >= 4 is 5.69 Å². The maximum atomic E-state index is 6.32. The number of epoxide rings is 3. The molecule has 6 heteroatoms. The Labute approximate surface area is 135 Å². The first-order chi connectivity index (χ1) is 11.2. The first-order valence-corrected chi connectivity index (χ1v) is 8.12. The summed E-state index contributed by atoms with van der Waals surface area (Å²) < 4.78 is 27.7. The summed E-state index contributed by atoms with van der Waals surface area (Å²) in [6, 6.07) is 0. The molecule has 0 radical (unpaired) electrons. The van der Waals surface area contributed by atoms with E-state index in [1.54, 1.807) is 7.11 Å². The topological polar surface area (TPSA) is 82.1 Å². The number of nitrogen functional groups attached to an aromatic ring is 1. The predicted octanol–water partition coefficient (Wildman–Crippen LogP) is 1.25. The molecule has 0 aromatic heterocycles. The molecular weight excluding hydrogens is 298 g/mol. The second-order valence-corrected chi connectivity index (χ2v) is 6.44. The largest absolute Gasteiger partial charge is 0.491 e. The number of anilines is 1. The van der Waals surface area contributed by atoms with Gasteiger partial charge in [0.2, 0.25) is 0 Å². The molecule has 0 bridgehead atoms. The van der Waals surface area contributed by atoms with Crippen LogP contribution in [0.1, 0.15) is 16.7 Å². The highest BCUT2D eigenvalue weighted by molar-refractivity contribution is 5.71. The van der Waals surface area contributed by atoms with Gasteiger partial charge in [-0.15, -0.1) is 0 Å². The third kappa shape index (κ3) is 3.24. The summed E-state index contributed by atoms with van der Waals surface area (Å²) in [6.07, 6.45) is 2.42. The van der Waals surface area contributed by atoms with Crippen LogP contribution in [0.25, 0.3) is 0 Å². The van der Waals surface area contributed by atoms with Crippen molar-refractivity contribution in [2.75, 3.05) is 39.3 Å². The molecule has 1 aromatic carbocycles. The van der Waals surface area contributed by atoms with Crippen molar-refractivity contribution in [2.45, 2.75) is 38.1 Å². The second-order valence-electron chi connectivity index (χ2n) is 6.44. The summed E-state index contributed by atoms with van der Waals surface area (Å²) in [7, 11) is 1.63. The molecule has 126 valence electrons. The van der Waals surface area contributed by atoms with E-state index in [-0.39, 0.29) is 12.2 Å². The van der Waals surface area contributed by atoms with Crippen molar-refractivity contribution in [2.24, 2.45) is 0 Å². The van der Waals surface area contributed by atoms with Gasteiger partial charge < -0.3 is 29.4 Å². The van der Waals surface area contributed by atoms with Crippen molar-refractivity contribution in [3.8, 4) is 11.5 Å². The Morgan fingerprint density at radius 1 is 0.957 bits per heavy atom. The number of methoxy groups -OCH3 is 1. The minimum absolute atomic E-state index is 0.183. The third-order valence-corrected chi connectivity index (χ3v) is 4.63. The lowest BCUT2D eigenvalue weighted by atomic mass is 9.92. The Morgan fingerprint density at radius 2 is 1.52 bits per heavy atom. The third-order valence-electron chi connectivity index (χ3n) is 4.63. The molecule has 3 saturated heterocycles. The van der Waals surface area contributed by atoms with E-state index >= 15 is 0 Å². The van der Waals surface area contributed by atoms with Crippen molar-refractivity contribution in [1.82, 2.24) is 0 Å². The minimum atomic E-state index is 0.183. The minimum Gasteiger partial charge on any atom is -0.491 e. The average molecular weight is 321 g/mol. The number of nitrogens with two attached hydrogens (primary N) is 1. The SMILES string of the molecule is COc1c(N)c(C)c(CC2CO2)c(CC2CO2)c1OCC1CO1. The Bertz CT molecular complexity index is 606. The molecule has 1 aromatic rings. The molecule has 4 rings (SSSR count). The van der Waals surface area contributed by atoms with Crippen LogP contribution in [0.5, 0.6) is 11.5 Å². The van der Waals surface area contributed by atoms with Crippen LogP contribution in [0.15, 0.2) is 0 Å². The van der Waals surface area contributed by atoms with Crippen LogP contribution in [0.2, 0.25) is 0 Å². The number of rotatable bonds is 8. The van der Waals surface area contributed by atoms with Crippen molar-refractivity contribution in [3.63, 3.8) is 0 Å². The summed E-state index contributed by atoms with van der Waals surface area (Å²) in [5.41, 5.74) is 10.4. The van der Waals surface area contributed by atoms with E-state index in [0.29, 0.717) is 24.1 Å². The second kappa shape index (κ2) is 5.85. The molecule has 3 unspecified atom stereocenters. The molecule has 3 aliphatic rings. The molecule has 23 heavy (non-hydrogen) atoms. The normalized spacial score (nSPS) is 27.7. The first kappa shape index (κ1) is 15.1. The zero-order chi connectivity index (χ0) is 16.0. The average Bonchev–Trinajstić information content (AvgIpc) is 3.35. The number of benzene rings is 1. The lowest BCUT2D eigenvalue weighted by Crippen LogP contribution is -2.14. The van der Waals surface area contributed by atoms with Gasteiger partial charge in [-0.05, 0) is 18.1 Å². The zero-order valence-corrected chi connectivity index (χ0v) is 13.6. The summed E-state index contributed by atoms with van der Waals surface area (Å²) >= 11 is 0. The van der Waals surface area contributed by atoms with Crippen molar-refractivity contribution in [3.05, 3.63) is 16.7 Å². The maximum absolute atomic E-state index is 6.32. The molecule has 0 aliphatic carbocycles. The van der Waals surface area contributed by atoms with Crippen LogP contribution in [0.3, 0.4) is 0 Å². The Morgan fingerprint density at radius 3 is 2.04 bits per heavy atom. The summed E-state index contributed by atoms with van der Waals surface area (Å²) in [5, 5.41) is 0. The highest BCUT2D eigenvalue weighted by Crippen LogP contribution is 2.44. The monoisotopic (exact) mass is 321 g/mol. The van der Waals surface area contributed by atoms with Crippen molar-refractivity contribution < 1.29 is 23.7 Å². The fourth-order valence-electron chi connectivity index (χ4n) is 2.97. The van der Waals surface area contributed by atoms with Gasteiger partial charge in [0, 0.05) is 18.4 Å². The number of hydrogen-bond donors (Lipinski definition) is 1. The van der Waals surface area contributed by atoms with Gasteiger partial charge in [0.25, 0.3) is 0 Å². The van der Waals surface area contributed by atoms with Gasteiger partial charge in [-0.3, -0.25) is 0 Å². The Hall–Kier alpha value is -1.50. The molecule has 0 spiro atoms. The van der Waals surface area contributed by atoms with Gasteiger partial charge in [0.05, 0.1) is 44.8 Å². The van der Waals surface area contributed by atoms with Crippen LogP contribution in [-0.4, -0.2) is 51.8 Å². The van der Waals surface area contributed by atoms with Crippen LogP contribution in [0, 0.1) is 6.92 Å². The van der Waals surface area contributed by atoms with Gasteiger partial charge in [-0.25, -0.2) is 0 Å². The van der Waals surface area contributed by atoms with E-state index in [0.717, 1.165) is 49.5 Å². The molecule has 3 atom stereocenters. The van der Waals surface area contributed by atoms with Crippen LogP contribution in [0.4, 0.5) is 5.69 Å². The van der Waals surface area contributed by atoms with Gasteiger partial charge in [-0.1, -0.05) is 0 Å². The van der Waals surface area contributed by atoms with Crippen LogP contribution >= 0.6 is 0 Å². The molecule has 0 amide bonds. The molecule has 3 heterocycles. The Balaban J connectivity index is 1.74. The van der Waals surface area contributed by atoms with E-state index in [1.807, 2.05) is 6.92 Å². The van der Waals surface area contributed by atoms with E-state index < -0.39 is 0 Å². The highest BCUT2D eigenvalue weighted by Gasteiger charge is 2.33. The summed E-state index contributed by atoms with van der Waals surface area (Å²) in [4.78, 5) is 0. The van der Waals surface area contributed by atoms with E-state index in [9.17, 15) is 0 Å². The van der Waals surface area contributed by atoms with Gasteiger partial charge in [0.15, 0.2) is 11.5 Å². The molecule has 2 N–H and O–H groups in total. The van der Waals surface area contributed by atoms with Gasteiger partial charge >= 0.3 is 0 Å². The zero-order valence-electron chi connectivity index (χ0n) is 13.6. The van der Waals surface area contributed by atoms with Gasteiger partial charge in [0.1, 0.15) is 12.7 Å². The number of hydrogen-bond acceptors (Lipinski definition) is 6. The van der Waals surface area contributed by atoms with Crippen LogP contribution < -0.4 is 15.2 Å². The van der Waals surface area contributed by atoms with E-state index in [4.69, 9.17) is 29.4 Å². The maximum Gasteiger partial charge on any atom is 0.184 e. The lowest BCUT2D eigenvalue weighted by Gasteiger charge is -2.22. The summed E-state index contributed by atoms with van der Waals surface area (Å²) in [6.45, 7) is 4.94. The quantitative estimate of drug-likeness (QED) is 0.573. The fraction of sp³-hybridized carbons (Fsp3) is 0.647. The molecular formula is C17H23NO5. The number of ether oxygens (including phenoxy) is 5. The summed E-state index contributed by atoms with van der Waals surface area (Å²) in [5.74, 6) is 1.37. The lowest BCUT2D eigenvalue weighted by molar-refractivity contribution is 0.249. The Kier molecular flexibility index (Phi) is 3.83. The molecule has 3 fully saturated rings. The predicted molar refractivity (Wildman–Crippen MR) is 84.3 cm³/mol. The first-order valence-electron chi connectivity index (χ1n) is 8.12. The fourth-order valence-corrected chi connectivity index (χ4v) is 2.97. The molecule has 6 nitrogen and oxygen atoms in total. The highest BCUT2D eigenvalue weighted by atomic mass is 16.6. The molecule has 0 saturated carbocycles. The van der Waals surface area contributed by atoms with E-state index in [2.05, 4.69) is 0 Å². The van der Waals surface area contributed by atoms with Gasteiger partial charge in [-0.2, -0.15) is 0 Å². The van der Waals surface area contributed by atoms with Crippen LogP contribution in [-0.2, 0) is 27.1 Å². The van der Waals surface area contributed by atoms with E-state index in [1.165, 1.54) is 5.56 Å². The van der Waals surface area contributed by atoms with Crippen molar-refractivity contribution in [1.29, 1.82) is 0 Å². The molecule has 3 aliphatic heterocycles. The smallest absolute Gasteiger partial charge is 0.184 e.